The van der Waals surface area contributed by atoms with E-state index < -0.39 is 17.7 Å². The minimum atomic E-state index is -1.67. The first kappa shape index (κ1) is 11.3. The molecule has 0 amide bonds. The summed E-state index contributed by atoms with van der Waals surface area (Å²) in [6.45, 7) is 0.628. The van der Waals surface area contributed by atoms with Gasteiger partial charge in [-0.1, -0.05) is 30.3 Å². The highest BCUT2D eigenvalue weighted by atomic mass is 32.2. The summed E-state index contributed by atoms with van der Waals surface area (Å²) in [5, 5.41) is 0. The third-order valence-corrected chi connectivity index (χ3v) is 3.46. The number of hydrogen-bond acceptors (Lipinski definition) is 5. The van der Waals surface area contributed by atoms with Crippen molar-refractivity contribution >= 4 is 11.4 Å². The Morgan fingerprint density at radius 1 is 1.12 bits per heavy atom. The molecule has 6 heteroatoms. The highest BCUT2D eigenvalue weighted by molar-refractivity contribution is 7.75. The van der Waals surface area contributed by atoms with Gasteiger partial charge in [0.25, 0.3) is 0 Å². The van der Waals surface area contributed by atoms with E-state index in [1.54, 1.807) is 0 Å². The lowest BCUT2D eigenvalue weighted by Gasteiger charge is -2.37. The van der Waals surface area contributed by atoms with Crippen molar-refractivity contribution in [1.29, 1.82) is 0 Å². The maximum atomic E-state index is 11.0. The summed E-state index contributed by atoms with van der Waals surface area (Å²) in [5.74, 6) is 0. The van der Waals surface area contributed by atoms with Crippen LogP contribution in [0.15, 0.2) is 30.3 Å². The molecule has 0 radical (unpaired) electrons. The molecular formula is C11H12O5S. The van der Waals surface area contributed by atoms with Gasteiger partial charge in [0.15, 0.2) is 6.29 Å². The van der Waals surface area contributed by atoms with Crippen LogP contribution in [-0.4, -0.2) is 29.6 Å². The lowest BCUT2D eigenvalue weighted by molar-refractivity contribution is -0.263. The predicted molar refractivity (Wildman–Crippen MR) is 59.0 cm³/mol. The number of rotatable bonds is 1. The fraction of sp³-hybridized carbons (Fsp3) is 0.455. The summed E-state index contributed by atoms with van der Waals surface area (Å²) in [5.41, 5.74) is 0.956. The van der Waals surface area contributed by atoms with Crippen molar-refractivity contribution in [1.82, 2.24) is 0 Å². The molecule has 4 atom stereocenters. The fourth-order valence-corrected chi connectivity index (χ4v) is 2.53. The average Bonchev–Trinajstić information content (AvgIpc) is 2.39. The summed E-state index contributed by atoms with van der Waals surface area (Å²) in [6, 6.07) is 9.67. The van der Waals surface area contributed by atoms with Crippen LogP contribution in [0.5, 0.6) is 0 Å². The van der Waals surface area contributed by atoms with Crippen LogP contribution in [0.4, 0.5) is 0 Å². The Balaban J connectivity index is 1.70. The van der Waals surface area contributed by atoms with Crippen LogP contribution >= 0.6 is 0 Å². The molecular weight excluding hydrogens is 244 g/mol. The second kappa shape index (κ2) is 4.83. The normalized spacial score (nSPS) is 37.4. The standard InChI is InChI=1S/C11H12O5S/c12-17-14-7-9-10(16-17)6-13-11(15-9)8-4-2-1-3-5-8/h1-5,9-11H,6-7H2/t9-,10+,11+,17?/m0/s1. The Labute approximate surface area is 101 Å². The Morgan fingerprint density at radius 2 is 1.94 bits per heavy atom. The maximum absolute atomic E-state index is 11.0. The molecule has 17 heavy (non-hydrogen) atoms. The van der Waals surface area contributed by atoms with Gasteiger partial charge in [-0.05, 0) is 0 Å². The molecule has 2 heterocycles. The van der Waals surface area contributed by atoms with Crippen molar-refractivity contribution in [2.45, 2.75) is 18.5 Å². The van der Waals surface area contributed by atoms with E-state index in [0.717, 1.165) is 5.56 Å². The van der Waals surface area contributed by atoms with E-state index in [-0.39, 0.29) is 18.8 Å². The van der Waals surface area contributed by atoms with Crippen LogP contribution in [0.3, 0.4) is 0 Å². The van der Waals surface area contributed by atoms with E-state index in [1.165, 1.54) is 0 Å². The zero-order chi connectivity index (χ0) is 11.7. The quantitative estimate of drug-likeness (QED) is 0.753. The summed E-state index contributed by atoms with van der Waals surface area (Å²) >= 11 is -1.67. The van der Waals surface area contributed by atoms with Gasteiger partial charge in [-0.2, -0.15) is 4.21 Å². The van der Waals surface area contributed by atoms with Crippen molar-refractivity contribution in [2.75, 3.05) is 13.2 Å². The van der Waals surface area contributed by atoms with Crippen LogP contribution in [-0.2, 0) is 29.2 Å². The van der Waals surface area contributed by atoms with Gasteiger partial charge in [-0.3, -0.25) is 8.37 Å². The first-order valence-corrected chi connectivity index (χ1v) is 6.37. The van der Waals surface area contributed by atoms with Gasteiger partial charge < -0.3 is 9.47 Å². The highest BCUT2D eigenvalue weighted by Gasteiger charge is 2.38. The van der Waals surface area contributed by atoms with Crippen LogP contribution in [0.1, 0.15) is 11.9 Å². The Hall–Kier alpha value is -0.790. The molecule has 5 nitrogen and oxygen atoms in total. The summed E-state index contributed by atoms with van der Waals surface area (Å²) in [4.78, 5) is 0. The predicted octanol–water partition coefficient (Wildman–Crippen LogP) is 1.09. The molecule has 0 aromatic heterocycles. The summed E-state index contributed by atoms with van der Waals surface area (Å²) in [6.07, 6.45) is -0.951. The molecule has 0 bridgehead atoms. The molecule has 1 unspecified atom stereocenters. The first-order valence-electron chi connectivity index (χ1n) is 5.37. The van der Waals surface area contributed by atoms with Crippen LogP contribution in [0.25, 0.3) is 0 Å². The van der Waals surface area contributed by atoms with Gasteiger partial charge in [0.05, 0.1) is 13.2 Å². The monoisotopic (exact) mass is 256 g/mol. The number of benzene rings is 1. The van der Waals surface area contributed by atoms with Crippen LogP contribution in [0.2, 0.25) is 0 Å². The molecule has 0 N–H and O–H groups in total. The summed E-state index contributed by atoms with van der Waals surface area (Å²) < 4.78 is 32.3. The zero-order valence-corrected chi connectivity index (χ0v) is 9.80. The Morgan fingerprint density at radius 3 is 2.76 bits per heavy atom. The van der Waals surface area contributed by atoms with Gasteiger partial charge in [-0.25, -0.2) is 0 Å². The largest absolute Gasteiger partial charge is 0.346 e. The van der Waals surface area contributed by atoms with E-state index in [2.05, 4.69) is 0 Å². The molecule has 1 aromatic rings. The Kier molecular flexibility index (Phi) is 3.21. The number of hydrogen-bond donors (Lipinski definition) is 0. The topological polar surface area (TPSA) is 54.0 Å². The second-order valence-electron chi connectivity index (χ2n) is 3.87. The van der Waals surface area contributed by atoms with Gasteiger partial charge in [0, 0.05) is 5.56 Å². The smallest absolute Gasteiger partial charge is 0.305 e. The molecule has 3 rings (SSSR count). The molecule has 0 saturated carbocycles. The SMILES string of the molecule is O=S1OC[C@@H]2O[C@H](c3ccccc3)OC[C@H]2O1. The minimum absolute atomic E-state index is 0.230. The van der Waals surface area contributed by atoms with Gasteiger partial charge in [0.1, 0.15) is 12.2 Å². The molecule has 2 saturated heterocycles. The van der Waals surface area contributed by atoms with Crippen LogP contribution < -0.4 is 0 Å². The van der Waals surface area contributed by atoms with Gasteiger partial charge in [0.2, 0.25) is 0 Å². The third kappa shape index (κ3) is 2.41. The van der Waals surface area contributed by atoms with Crippen molar-refractivity contribution in [3.05, 3.63) is 35.9 Å². The van der Waals surface area contributed by atoms with Crippen LogP contribution in [0, 0.1) is 0 Å². The van der Waals surface area contributed by atoms with Gasteiger partial charge in [-0.15, -0.1) is 0 Å². The van der Waals surface area contributed by atoms with Gasteiger partial charge >= 0.3 is 11.4 Å². The van der Waals surface area contributed by atoms with Crippen molar-refractivity contribution in [3.63, 3.8) is 0 Å². The minimum Gasteiger partial charge on any atom is -0.346 e. The van der Waals surface area contributed by atoms with E-state index >= 15 is 0 Å². The molecule has 2 aliphatic heterocycles. The van der Waals surface area contributed by atoms with E-state index in [0.29, 0.717) is 6.61 Å². The van der Waals surface area contributed by atoms with Crippen molar-refractivity contribution in [3.8, 4) is 0 Å². The lowest BCUT2D eigenvalue weighted by Crippen LogP contribution is -2.48. The molecule has 92 valence electrons. The second-order valence-corrected chi connectivity index (χ2v) is 4.71. The highest BCUT2D eigenvalue weighted by Crippen LogP contribution is 2.29. The first-order chi connectivity index (χ1) is 8.33. The molecule has 1 aromatic carbocycles. The maximum Gasteiger partial charge on any atom is 0.305 e. The van der Waals surface area contributed by atoms with E-state index in [4.69, 9.17) is 17.8 Å². The van der Waals surface area contributed by atoms with E-state index in [1.807, 2.05) is 30.3 Å². The van der Waals surface area contributed by atoms with E-state index in [9.17, 15) is 4.21 Å². The molecule has 0 spiro atoms. The molecule has 2 fully saturated rings. The molecule has 2 aliphatic rings. The number of fused-ring (bicyclic) bond motifs is 1. The van der Waals surface area contributed by atoms with Crippen molar-refractivity contribution in [2.24, 2.45) is 0 Å². The summed E-state index contributed by atoms with van der Waals surface area (Å²) in [7, 11) is 0. The average molecular weight is 256 g/mol. The zero-order valence-electron chi connectivity index (χ0n) is 8.98. The molecule has 0 aliphatic carbocycles. The number of ether oxygens (including phenoxy) is 2. The third-order valence-electron chi connectivity index (χ3n) is 2.73. The Bertz CT molecular complexity index is 410. The fourth-order valence-electron chi connectivity index (χ4n) is 1.85. The van der Waals surface area contributed by atoms with Crippen molar-refractivity contribution < 1.29 is 22.0 Å². The lowest BCUT2D eigenvalue weighted by atomic mass is 10.1.